The van der Waals surface area contributed by atoms with Gasteiger partial charge in [0.1, 0.15) is 11.0 Å². The molecule has 0 saturated carbocycles. The number of ether oxygens (including phenoxy) is 1. The van der Waals surface area contributed by atoms with Crippen molar-refractivity contribution in [2.75, 3.05) is 12.4 Å². The lowest BCUT2D eigenvalue weighted by molar-refractivity contribution is -0.115. The fraction of sp³-hybridized carbons (Fsp3) is 0.278. The summed E-state index contributed by atoms with van der Waals surface area (Å²) >= 11 is 0. The zero-order valence-corrected chi connectivity index (χ0v) is 14.4. The molecule has 2 aromatic carbocycles. The van der Waals surface area contributed by atoms with Crippen LogP contribution in [0.3, 0.4) is 0 Å². The van der Waals surface area contributed by atoms with Gasteiger partial charge in [0.25, 0.3) is 0 Å². The van der Waals surface area contributed by atoms with Gasteiger partial charge >= 0.3 is 0 Å². The first-order valence-corrected chi connectivity index (χ1v) is 8.76. The lowest BCUT2D eigenvalue weighted by atomic mass is 10.2. The molecule has 1 amide bonds. The van der Waals surface area contributed by atoms with Gasteiger partial charge in [-0.05, 0) is 43.2 Å². The second-order valence-corrected chi connectivity index (χ2v) is 7.08. The van der Waals surface area contributed by atoms with Crippen LogP contribution in [0.15, 0.2) is 48.5 Å². The van der Waals surface area contributed by atoms with Crippen LogP contribution in [-0.2, 0) is 21.3 Å². The van der Waals surface area contributed by atoms with E-state index in [9.17, 15) is 9.00 Å². The van der Waals surface area contributed by atoms with Crippen molar-refractivity contribution in [1.82, 2.24) is 0 Å². The van der Waals surface area contributed by atoms with E-state index < -0.39 is 16.0 Å². The summed E-state index contributed by atoms with van der Waals surface area (Å²) < 4.78 is 17.6. The number of hydrogen-bond acceptors (Lipinski definition) is 3. The van der Waals surface area contributed by atoms with E-state index in [0.717, 1.165) is 22.6 Å². The monoisotopic (exact) mass is 331 g/mol. The summed E-state index contributed by atoms with van der Waals surface area (Å²) in [6.07, 6.45) is 0. The molecule has 0 spiro atoms. The number of para-hydroxylation sites is 1. The number of aryl methyl sites for hydroxylation is 1. The van der Waals surface area contributed by atoms with Crippen LogP contribution in [0.2, 0.25) is 0 Å². The van der Waals surface area contributed by atoms with Gasteiger partial charge in [0, 0.05) is 22.2 Å². The topological polar surface area (TPSA) is 55.4 Å². The van der Waals surface area contributed by atoms with Gasteiger partial charge in [-0.1, -0.05) is 30.3 Å². The maximum Gasteiger partial charge on any atom is 0.239 e. The standard InChI is InChI=1S/C18H21NO3S/c1-13-7-4-5-10-17(13)19-18(20)14(2)23(21)12-15-8-6-9-16(11-15)22-3/h4-11,14H,12H2,1-3H3,(H,19,20). The van der Waals surface area contributed by atoms with Crippen LogP contribution in [0.1, 0.15) is 18.1 Å². The van der Waals surface area contributed by atoms with Gasteiger partial charge in [-0.15, -0.1) is 0 Å². The van der Waals surface area contributed by atoms with Gasteiger partial charge < -0.3 is 10.1 Å². The quantitative estimate of drug-likeness (QED) is 0.884. The van der Waals surface area contributed by atoms with Gasteiger partial charge in [-0.3, -0.25) is 9.00 Å². The number of carbonyl (C=O) groups excluding carboxylic acids is 1. The Labute approximate surface area is 139 Å². The van der Waals surface area contributed by atoms with E-state index in [1.165, 1.54) is 0 Å². The second-order valence-electron chi connectivity index (χ2n) is 5.32. The highest BCUT2D eigenvalue weighted by Gasteiger charge is 2.20. The fourth-order valence-electron chi connectivity index (χ4n) is 2.12. The minimum absolute atomic E-state index is 0.236. The Morgan fingerprint density at radius 3 is 2.65 bits per heavy atom. The van der Waals surface area contributed by atoms with Crippen molar-refractivity contribution >= 4 is 22.4 Å². The molecule has 2 aromatic rings. The highest BCUT2D eigenvalue weighted by molar-refractivity contribution is 7.85. The third kappa shape index (κ3) is 4.66. The zero-order valence-electron chi connectivity index (χ0n) is 13.5. The summed E-state index contributed by atoms with van der Waals surface area (Å²) in [5.74, 6) is 0.802. The number of anilines is 1. The maximum atomic E-state index is 12.4. The predicted octanol–water partition coefficient (Wildman–Crippen LogP) is 3.28. The molecule has 0 fully saturated rings. The molecule has 23 heavy (non-hydrogen) atoms. The first kappa shape index (κ1) is 17.2. The van der Waals surface area contributed by atoms with Crippen LogP contribution >= 0.6 is 0 Å². The normalized spacial score (nSPS) is 13.2. The number of methoxy groups -OCH3 is 1. The Bertz CT molecular complexity index is 715. The third-order valence-corrected chi connectivity index (χ3v) is 5.23. The molecule has 0 aliphatic heterocycles. The summed E-state index contributed by atoms with van der Waals surface area (Å²) in [5, 5.41) is 2.25. The number of nitrogens with one attached hydrogen (secondary N) is 1. The maximum absolute atomic E-state index is 12.4. The molecule has 0 heterocycles. The first-order chi connectivity index (χ1) is 11.0. The minimum Gasteiger partial charge on any atom is -0.497 e. The van der Waals surface area contributed by atoms with E-state index in [1.54, 1.807) is 14.0 Å². The molecule has 0 aromatic heterocycles. The van der Waals surface area contributed by atoms with Crippen molar-refractivity contribution in [3.8, 4) is 5.75 Å². The minimum atomic E-state index is -1.30. The molecule has 2 atom stereocenters. The van der Waals surface area contributed by atoms with Crippen LogP contribution in [0.4, 0.5) is 5.69 Å². The van der Waals surface area contributed by atoms with Crippen LogP contribution < -0.4 is 10.1 Å². The molecule has 122 valence electrons. The molecule has 0 aliphatic carbocycles. The molecular weight excluding hydrogens is 310 g/mol. The summed E-state index contributed by atoms with van der Waals surface area (Å²) in [5.41, 5.74) is 2.62. The second kappa shape index (κ2) is 7.92. The third-order valence-electron chi connectivity index (χ3n) is 3.61. The largest absolute Gasteiger partial charge is 0.497 e. The van der Waals surface area contributed by atoms with E-state index in [0.29, 0.717) is 5.75 Å². The number of rotatable bonds is 6. The Morgan fingerprint density at radius 2 is 1.96 bits per heavy atom. The number of amides is 1. The number of hydrogen-bond donors (Lipinski definition) is 1. The van der Waals surface area contributed by atoms with Crippen molar-refractivity contribution in [3.05, 3.63) is 59.7 Å². The lowest BCUT2D eigenvalue weighted by Crippen LogP contribution is -2.30. The van der Waals surface area contributed by atoms with Gasteiger partial charge in [-0.2, -0.15) is 0 Å². The van der Waals surface area contributed by atoms with E-state index in [1.807, 2.05) is 55.5 Å². The van der Waals surface area contributed by atoms with Gasteiger partial charge in [0.2, 0.25) is 5.91 Å². The average molecular weight is 331 g/mol. The highest BCUT2D eigenvalue weighted by atomic mass is 32.2. The summed E-state index contributed by atoms with van der Waals surface area (Å²) in [6.45, 7) is 3.61. The fourth-order valence-corrected chi connectivity index (χ4v) is 3.17. The smallest absolute Gasteiger partial charge is 0.239 e. The predicted molar refractivity (Wildman–Crippen MR) is 94.1 cm³/mol. The average Bonchev–Trinajstić information content (AvgIpc) is 2.56. The molecule has 4 nitrogen and oxygen atoms in total. The van der Waals surface area contributed by atoms with Crippen molar-refractivity contribution in [2.45, 2.75) is 24.9 Å². The summed E-state index contributed by atoms with van der Waals surface area (Å²) in [4.78, 5) is 12.3. The summed E-state index contributed by atoms with van der Waals surface area (Å²) in [6, 6.07) is 14.9. The lowest BCUT2D eigenvalue weighted by Gasteiger charge is -2.14. The van der Waals surface area contributed by atoms with E-state index in [4.69, 9.17) is 4.74 Å². The summed E-state index contributed by atoms with van der Waals surface area (Å²) in [7, 11) is 0.288. The first-order valence-electron chi connectivity index (χ1n) is 7.38. The molecule has 5 heteroatoms. The number of benzene rings is 2. The van der Waals surface area contributed by atoms with Crippen LogP contribution in [0.25, 0.3) is 0 Å². The van der Waals surface area contributed by atoms with Crippen LogP contribution in [-0.4, -0.2) is 22.5 Å². The number of carbonyl (C=O) groups is 1. The van der Waals surface area contributed by atoms with Crippen molar-refractivity contribution in [3.63, 3.8) is 0 Å². The molecule has 0 aliphatic rings. The van der Waals surface area contributed by atoms with Gasteiger partial charge in [0.15, 0.2) is 0 Å². The van der Waals surface area contributed by atoms with Crippen molar-refractivity contribution in [2.24, 2.45) is 0 Å². The van der Waals surface area contributed by atoms with Gasteiger partial charge in [-0.25, -0.2) is 0 Å². The molecular formula is C18H21NO3S. The molecule has 0 bridgehead atoms. The highest BCUT2D eigenvalue weighted by Crippen LogP contribution is 2.17. The van der Waals surface area contributed by atoms with Crippen molar-refractivity contribution < 1.29 is 13.7 Å². The molecule has 1 N–H and O–H groups in total. The molecule has 0 saturated heterocycles. The van der Waals surface area contributed by atoms with Gasteiger partial charge in [0.05, 0.1) is 7.11 Å². The molecule has 2 rings (SSSR count). The zero-order chi connectivity index (χ0) is 16.8. The molecule has 0 radical (unpaired) electrons. The van der Waals surface area contributed by atoms with Crippen molar-refractivity contribution in [1.29, 1.82) is 0 Å². The Balaban J connectivity index is 2.01. The van der Waals surface area contributed by atoms with Crippen LogP contribution in [0.5, 0.6) is 5.75 Å². The SMILES string of the molecule is COc1cccc(CS(=O)C(C)C(=O)Nc2ccccc2C)c1. The van der Waals surface area contributed by atoms with Crippen LogP contribution in [0, 0.1) is 6.92 Å². The van der Waals surface area contributed by atoms with E-state index in [-0.39, 0.29) is 5.91 Å². The Hall–Kier alpha value is -2.14. The Morgan fingerprint density at radius 1 is 1.22 bits per heavy atom. The van der Waals surface area contributed by atoms with E-state index in [2.05, 4.69) is 5.32 Å². The van der Waals surface area contributed by atoms with E-state index >= 15 is 0 Å². The Kier molecular flexibility index (Phi) is 5.93. The molecule has 2 unspecified atom stereocenters.